The summed E-state index contributed by atoms with van der Waals surface area (Å²) in [5.41, 5.74) is 0.672. The fraction of sp³-hybridized carbons (Fsp3) is 0.360. The van der Waals surface area contributed by atoms with Gasteiger partial charge in [0.1, 0.15) is 31.5 Å². The average molecular weight is 524 g/mol. The molecule has 13 nitrogen and oxygen atoms in total. The molecule has 0 aliphatic carbocycles. The molecule has 0 saturated carbocycles. The van der Waals surface area contributed by atoms with E-state index in [2.05, 4.69) is 15.5 Å². The largest absolute Gasteiger partial charge is 0.458 e. The molecule has 38 heavy (non-hydrogen) atoms. The van der Waals surface area contributed by atoms with Crippen LogP contribution in [0, 0.1) is 10.1 Å². The number of hydrogen-bond donors (Lipinski definition) is 2. The number of pyridine rings is 2. The Kier molecular flexibility index (Phi) is 6.65. The van der Waals surface area contributed by atoms with Crippen molar-refractivity contribution in [2.75, 3.05) is 20.1 Å². The zero-order valence-electron chi connectivity index (χ0n) is 20.7. The van der Waals surface area contributed by atoms with Gasteiger partial charge in [0.2, 0.25) is 0 Å². The molecular formula is C25H25N5O8. The molecule has 2 aliphatic heterocycles. The third-order valence-electron chi connectivity index (χ3n) is 6.73. The number of cyclic esters (lactones) is 1. The molecule has 3 aromatic rings. The van der Waals surface area contributed by atoms with E-state index in [9.17, 15) is 24.8 Å². The number of nitrogens with zero attached hydrogens (tertiary/aromatic N) is 4. The van der Waals surface area contributed by atoms with Crippen molar-refractivity contribution in [3.63, 3.8) is 0 Å². The summed E-state index contributed by atoms with van der Waals surface area (Å²) < 4.78 is 16.7. The molecule has 2 aliphatic rings. The van der Waals surface area contributed by atoms with Gasteiger partial charge in [-0.1, -0.05) is 25.1 Å². The summed E-state index contributed by atoms with van der Waals surface area (Å²) in [5.74, 6) is -1.03. The predicted octanol–water partition coefficient (Wildman–Crippen LogP) is 1.88. The van der Waals surface area contributed by atoms with Crippen molar-refractivity contribution in [1.29, 1.82) is 0 Å². The summed E-state index contributed by atoms with van der Waals surface area (Å²) >= 11 is 0. The minimum atomic E-state index is -2.33. The normalized spacial score (nSPS) is 17.8. The number of hydrazone groups is 1. The number of nitro groups is 1. The fourth-order valence-corrected chi connectivity index (χ4v) is 4.90. The predicted molar refractivity (Wildman–Crippen MR) is 134 cm³/mol. The number of carbonyl (C=O) groups is 1. The molecule has 0 fully saturated rings. The maximum Gasteiger partial charge on any atom is 0.343 e. The number of ether oxygens (including phenoxy) is 3. The van der Waals surface area contributed by atoms with E-state index in [0.717, 1.165) is 5.39 Å². The molecule has 198 valence electrons. The van der Waals surface area contributed by atoms with Gasteiger partial charge in [0.05, 0.1) is 34.3 Å². The topological polar surface area (TPSA) is 167 Å². The monoisotopic (exact) mass is 523 g/mol. The van der Waals surface area contributed by atoms with Gasteiger partial charge in [-0.05, 0) is 19.4 Å². The Balaban J connectivity index is 1.71. The fourth-order valence-electron chi connectivity index (χ4n) is 4.90. The van der Waals surface area contributed by atoms with Crippen molar-refractivity contribution in [2.45, 2.75) is 39.0 Å². The van der Waals surface area contributed by atoms with Crippen LogP contribution in [0.25, 0.3) is 22.3 Å². The minimum absolute atomic E-state index is 0.0177. The smallest absolute Gasteiger partial charge is 0.343 e. The van der Waals surface area contributed by atoms with Crippen LogP contribution in [0.3, 0.4) is 0 Å². The zero-order chi connectivity index (χ0) is 27.0. The number of hydrogen-bond acceptors (Lipinski definition) is 11. The van der Waals surface area contributed by atoms with Crippen molar-refractivity contribution in [3.8, 4) is 11.4 Å². The summed E-state index contributed by atoms with van der Waals surface area (Å²) in [7, 11) is 0. The molecule has 0 bridgehead atoms. The highest BCUT2D eigenvalue weighted by Gasteiger charge is 2.52. The summed E-state index contributed by atoms with van der Waals surface area (Å²) in [6.07, 6.45) is 1.33. The van der Waals surface area contributed by atoms with E-state index in [-0.39, 0.29) is 49.0 Å². The van der Waals surface area contributed by atoms with Gasteiger partial charge in [-0.3, -0.25) is 24.9 Å². The molecule has 0 radical (unpaired) electrons. The average Bonchev–Trinajstić information content (AvgIpc) is 3.29. The lowest BCUT2D eigenvalue weighted by Crippen LogP contribution is -2.45. The lowest BCUT2D eigenvalue weighted by Gasteiger charge is -2.31. The molecule has 4 heterocycles. The number of aromatic nitrogens is 2. The van der Waals surface area contributed by atoms with Gasteiger partial charge in [0.25, 0.3) is 5.56 Å². The Labute approximate surface area is 215 Å². The standard InChI is InChI=1S/C25H25N5O8/c1-3-25(33)19-17(11-38-24(25)32)23(31)29-10-16-15(9-26-27-12-37-13-36-4-2)14-7-5-6-8-18(14)28-20(16)22(29)21(19)30(34)35/h5-9,27,33H,3-4,10-13H2,1-2H3/b26-9+/t25-/m0/s1. The van der Waals surface area contributed by atoms with E-state index < -0.39 is 34.3 Å². The van der Waals surface area contributed by atoms with Gasteiger partial charge < -0.3 is 19.3 Å². The van der Waals surface area contributed by atoms with Crippen molar-refractivity contribution >= 4 is 28.8 Å². The second-order valence-corrected chi connectivity index (χ2v) is 8.73. The van der Waals surface area contributed by atoms with E-state index in [1.807, 2.05) is 19.1 Å². The van der Waals surface area contributed by atoms with E-state index in [1.165, 1.54) is 11.5 Å². The lowest BCUT2D eigenvalue weighted by atomic mass is 9.84. The third kappa shape index (κ3) is 3.91. The van der Waals surface area contributed by atoms with Crippen molar-refractivity contribution in [3.05, 3.63) is 67.0 Å². The molecule has 2 aromatic heterocycles. The number of nitrogens with one attached hydrogen (secondary N) is 1. The zero-order valence-corrected chi connectivity index (χ0v) is 20.7. The Morgan fingerprint density at radius 2 is 2.08 bits per heavy atom. The second kappa shape index (κ2) is 9.93. The molecule has 0 spiro atoms. The molecule has 2 N–H and O–H groups in total. The molecule has 0 amide bonds. The van der Waals surface area contributed by atoms with E-state index in [4.69, 9.17) is 14.2 Å². The number of rotatable bonds is 9. The second-order valence-electron chi connectivity index (χ2n) is 8.73. The Morgan fingerprint density at radius 1 is 1.29 bits per heavy atom. The highest BCUT2D eigenvalue weighted by atomic mass is 16.7. The van der Waals surface area contributed by atoms with Crippen LogP contribution in [0.1, 0.15) is 42.5 Å². The van der Waals surface area contributed by atoms with Crippen LogP contribution < -0.4 is 11.0 Å². The Hall–Kier alpha value is -4.20. The van der Waals surface area contributed by atoms with Crippen LogP contribution in [-0.2, 0) is 37.8 Å². The summed E-state index contributed by atoms with van der Waals surface area (Å²) in [6.45, 7) is 3.56. The van der Waals surface area contributed by atoms with Crippen LogP contribution in [0.4, 0.5) is 5.69 Å². The first-order valence-electron chi connectivity index (χ1n) is 12.0. The van der Waals surface area contributed by atoms with Crippen LogP contribution in [0.15, 0.2) is 34.2 Å². The van der Waals surface area contributed by atoms with Crippen LogP contribution in [-0.4, -0.2) is 51.9 Å². The van der Waals surface area contributed by atoms with E-state index in [0.29, 0.717) is 23.3 Å². The number of carbonyl (C=O) groups excluding carboxylic acids is 1. The summed E-state index contributed by atoms with van der Waals surface area (Å²) in [5, 5.41) is 28.6. The lowest BCUT2D eigenvalue weighted by molar-refractivity contribution is -0.386. The Morgan fingerprint density at radius 3 is 2.82 bits per heavy atom. The highest BCUT2D eigenvalue weighted by molar-refractivity contribution is 6.03. The van der Waals surface area contributed by atoms with Gasteiger partial charge >= 0.3 is 11.7 Å². The van der Waals surface area contributed by atoms with E-state index in [1.54, 1.807) is 18.3 Å². The minimum Gasteiger partial charge on any atom is -0.458 e. The maximum atomic E-state index is 13.6. The molecule has 13 heteroatoms. The first kappa shape index (κ1) is 25.4. The van der Waals surface area contributed by atoms with Gasteiger partial charge in [0, 0.05) is 23.1 Å². The van der Waals surface area contributed by atoms with Gasteiger partial charge in [0.15, 0.2) is 5.60 Å². The van der Waals surface area contributed by atoms with Crippen LogP contribution in [0.2, 0.25) is 0 Å². The third-order valence-corrected chi connectivity index (χ3v) is 6.73. The molecule has 5 rings (SSSR count). The summed E-state index contributed by atoms with van der Waals surface area (Å²) in [6, 6.07) is 7.18. The maximum absolute atomic E-state index is 13.6. The van der Waals surface area contributed by atoms with Gasteiger partial charge in [-0.15, -0.1) is 0 Å². The van der Waals surface area contributed by atoms with Crippen molar-refractivity contribution in [1.82, 2.24) is 15.0 Å². The number of esters is 1. The molecule has 0 unspecified atom stereocenters. The van der Waals surface area contributed by atoms with E-state index >= 15 is 0 Å². The number of benzene rings is 1. The summed E-state index contributed by atoms with van der Waals surface area (Å²) in [4.78, 5) is 42.6. The van der Waals surface area contributed by atoms with Gasteiger partial charge in [-0.25, -0.2) is 9.78 Å². The van der Waals surface area contributed by atoms with Crippen LogP contribution >= 0.6 is 0 Å². The van der Waals surface area contributed by atoms with Crippen LogP contribution in [0.5, 0.6) is 0 Å². The number of aliphatic hydroxyl groups is 1. The quantitative estimate of drug-likeness (QED) is 0.0825. The molecule has 1 atom stereocenters. The number of fused-ring (bicyclic) bond motifs is 5. The Bertz CT molecular complexity index is 1550. The first-order chi connectivity index (χ1) is 18.3. The highest BCUT2D eigenvalue weighted by Crippen LogP contribution is 2.46. The van der Waals surface area contributed by atoms with Gasteiger partial charge in [-0.2, -0.15) is 5.10 Å². The first-order valence-corrected chi connectivity index (χ1v) is 12.0. The molecule has 1 aromatic carbocycles. The van der Waals surface area contributed by atoms with Crippen molar-refractivity contribution < 1.29 is 29.0 Å². The SMILES string of the molecule is CCOCOCN/N=C/c1c2c(nc3ccccc13)-c1c([N+](=O)[O-])c3c(c(=O)n1C2)COC(=O)[C@]3(O)CC. The van der Waals surface area contributed by atoms with Crippen molar-refractivity contribution in [2.24, 2.45) is 5.10 Å². The molecule has 0 saturated heterocycles. The number of para-hydroxylation sites is 1. The molecular weight excluding hydrogens is 498 g/mol.